The molecule has 2 atom stereocenters. The molecule has 2 aliphatic rings. The second kappa shape index (κ2) is 6.84. The largest absolute Gasteiger partial charge is 0.481 e. The van der Waals surface area contributed by atoms with E-state index in [0.717, 1.165) is 12.8 Å². The van der Waals surface area contributed by atoms with Crippen LogP contribution < -0.4 is 0 Å². The zero-order valence-electron chi connectivity index (χ0n) is 13.9. The van der Waals surface area contributed by atoms with Crippen LogP contribution in [0.15, 0.2) is 24.3 Å². The number of carboxylic acids is 1. The monoisotopic (exact) mass is 391 g/mol. The Morgan fingerprint density at radius 2 is 1.73 bits per heavy atom. The summed E-state index contributed by atoms with van der Waals surface area (Å²) in [6.07, 6.45) is -2.87. The second-order valence-corrected chi connectivity index (χ2v) is 9.15. The molecule has 0 amide bonds. The maximum Gasteiger partial charge on any atom is 0.393 e. The van der Waals surface area contributed by atoms with Gasteiger partial charge in [0.15, 0.2) is 0 Å². The number of hydrogen-bond donors (Lipinski definition) is 1. The highest BCUT2D eigenvalue weighted by molar-refractivity contribution is 7.89. The van der Waals surface area contributed by atoms with Crippen molar-refractivity contribution in [2.75, 3.05) is 18.8 Å². The lowest BCUT2D eigenvalue weighted by Gasteiger charge is -2.19. The van der Waals surface area contributed by atoms with Crippen molar-refractivity contribution < 1.29 is 31.5 Å². The number of carboxylic acid groups (broad SMARTS) is 1. The van der Waals surface area contributed by atoms with Crippen LogP contribution in [0.25, 0.3) is 0 Å². The lowest BCUT2D eigenvalue weighted by molar-refractivity contribution is -0.187. The Balaban J connectivity index is 1.63. The molecular weight excluding hydrogens is 371 g/mol. The number of fused-ring (bicyclic) bond motifs is 1. The van der Waals surface area contributed by atoms with Crippen LogP contribution in [0, 0.1) is 17.8 Å². The van der Waals surface area contributed by atoms with E-state index < -0.39 is 47.1 Å². The molecule has 5 nitrogen and oxygen atoms in total. The van der Waals surface area contributed by atoms with Gasteiger partial charge in [0.1, 0.15) is 0 Å². The summed E-state index contributed by atoms with van der Waals surface area (Å²) >= 11 is 0. The van der Waals surface area contributed by atoms with Crippen molar-refractivity contribution in [2.45, 2.75) is 25.4 Å². The first-order valence-electron chi connectivity index (χ1n) is 8.42. The molecule has 9 heteroatoms. The molecule has 0 radical (unpaired) electrons. The van der Waals surface area contributed by atoms with Gasteiger partial charge >= 0.3 is 12.1 Å². The zero-order chi connectivity index (χ0) is 19.1. The molecule has 0 saturated carbocycles. The molecule has 0 bridgehead atoms. The number of rotatable bonds is 5. The van der Waals surface area contributed by atoms with Crippen molar-refractivity contribution in [2.24, 2.45) is 17.8 Å². The third kappa shape index (κ3) is 3.88. The number of benzene rings is 1. The van der Waals surface area contributed by atoms with Gasteiger partial charge in [-0.3, -0.25) is 4.79 Å². The first-order chi connectivity index (χ1) is 12.1. The molecule has 1 saturated heterocycles. The molecule has 1 heterocycles. The Labute approximate surface area is 149 Å². The fourth-order valence-electron chi connectivity index (χ4n) is 3.88. The van der Waals surface area contributed by atoms with Crippen molar-refractivity contribution >= 4 is 16.0 Å². The number of hydrogen-bond acceptors (Lipinski definition) is 3. The van der Waals surface area contributed by atoms with E-state index in [1.54, 1.807) is 0 Å². The standard InChI is InChI=1S/C17H20F3NO4S/c18-17(19,20)15-10-21(9-14(15)16(22)23)26(24,25)6-5-11-7-12-3-1-2-4-13(12)8-11/h1-4,11,14-15H,5-10H2,(H,22,23)/t14-,15-/m1/s1. The van der Waals surface area contributed by atoms with E-state index in [1.807, 2.05) is 24.3 Å². The highest BCUT2D eigenvalue weighted by Gasteiger charge is 2.54. The molecule has 0 aromatic heterocycles. The average Bonchev–Trinajstić information content (AvgIpc) is 3.17. The molecule has 3 rings (SSSR count). The van der Waals surface area contributed by atoms with Gasteiger partial charge in [-0.1, -0.05) is 24.3 Å². The summed E-state index contributed by atoms with van der Waals surface area (Å²) in [5, 5.41) is 9.01. The molecule has 1 N–H and O–H groups in total. The van der Waals surface area contributed by atoms with Crippen molar-refractivity contribution in [3.05, 3.63) is 35.4 Å². The molecule has 0 unspecified atom stereocenters. The first kappa shape index (κ1) is 19.2. The Kier molecular flexibility index (Phi) is 5.04. The van der Waals surface area contributed by atoms with E-state index in [4.69, 9.17) is 5.11 Å². The normalized spacial score (nSPS) is 24.7. The Bertz CT molecular complexity index is 768. The Morgan fingerprint density at radius 1 is 1.15 bits per heavy atom. The number of nitrogens with zero attached hydrogens (tertiary/aromatic N) is 1. The smallest absolute Gasteiger partial charge is 0.393 e. The topological polar surface area (TPSA) is 74.7 Å². The molecule has 144 valence electrons. The van der Waals surface area contributed by atoms with E-state index in [2.05, 4.69) is 0 Å². The average molecular weight is 391 g/mol. The fraction of sp³-hybridized carbons (Fsp3) is 0.588. The molecular formula is C17H20F3NO4S. The van der Waals surface area contributed by atoms with Gasteiger partial charge in [-0.25, -0.2) is 12.7 Å². The number of sulfonamides is 1. The number of alkyl halides is 3. The summed E-state index contributed by atoms with van der Waals surface area (Å²) in [5.41, 5.74) is 2.36. The number of carbonyl (C=O) groups is 1. The number of aliphatic carboxylic acids is 1. The van der Waals surface area contributed by atoms with E-state index in [9.17, 15) is 26.4 Å². The Hall–Kier alpha value is -1.61. The molecule has 1 aliphatic heterocycles. The Morgan fingerprint density at radius 3 is 2.19 bits per heavy atom. The summed E-state index contributed by atoms with van der Waals surface area (Å²) in [6.45, 7) is -1.43. The van der Waals surface area contributed by atoms with Gasteiger partial charge in [0, 0.05) is 13.1 Å². The maximum atomic E-state index is 13.0. The SMILES string of the molecule is O=C(O)[C@@H]1CN(S(=O)(=O)CCC2Cc3ccccc3C2)C[C@H]1C(F)(F)F. The molecule has 1 fully saturated rings. The molecule has 0 spiro atoms. The van der Waals surface area contributed by atoms with Crippen LogP contribution in [0.1, 0.15) is 17.5 Å². The van der Waals surface area contributed by atoms with Gasteiger partial charge in [-0.05, 0) is 36.3 Å². The summed E-state index contributed by atoms with van der Waals surface area (Å²) in [6, 6.07) is 7.84. The van der Waals surface area contributed by atoms with Crippen LogP contribution in [0.4, 0.5) is 13.2 Å². The van der Waals surface area contributed by atoms with Gasteiger partial charge in [0.05, 0.1) is 17.6 Å². The van der Waals surface area contributed by atoms with E-state index in [-0.39, 0.29) is 11.7 Å². The zero-order valence-corrected chi connectivity index (χ0v) is 14.8. The fourth-order valence-corrected chi connectivity index (χ4v) is 5.54. The van der Waals surface area contributed by atoms with Gasteiger partial charge in [0.2, 0.25) is 10.0 Å². The van der Waals surface area contributed by atoms with Gasteiger partial charge < -0.3 is 5.11 Å². The first-order valence-corrected chi connectivity index (χ1v) is 10.0. The van der Waals surface area contributed by atoms with Crippen molar-refractivity contribution in [3.63, 3.8) is 0 Å². The summed E-state index contributed by atoms with van der Waals surface area (Å²) in [7, 11) is -3.92. The minimum Gasteiger partial charge on any atom is -0.481 e. The molecule has 1 aromatic carbocycles. The van der Waals surface area contributed by atoms with Crippen molar-refractivity contribution in [1.82, 2.24) is 4.31 Å². The third-order valence-electron chi connectivity index (χ3n) is 5.34. The molecule has 26 heavy (non-hydrogen) atoms. The van der Waals surface area contributed by atoms with Crippen LogP contribution in [-0.4, -0.2) is 48.8 Å². The van der Waals surface area contributed by atoms with Gasteiger partial charge in [0.25, 0.3) is 0 Å². The molecule has 1 aromatic rings. The maximum absolute atomic E-state index is 13.0. The summed E-state index contributed by atoms with van der Waals surface area (Å²) < 4.78 is 64.7. The lowest BCUT2D eigenvalue weighted by Crippen LogP contribution is -2.34. The van der Waals surface area contributed by atoms with Crippen LogP contribution in [0.5, 0.6) is 0 Å². The predicted octanol–water partition coefficient (Wildman–Crippen LogP) is 2.32. The van der Waals surface area contributed by atoms with Crippen LogP contribution in [0.2, 0.25) is 0 Å². The second-order valence-electron chi connectivity index (χ2n) is 7.06. The van der Waals surface area contributed by atoms with Crippen LogP contribution in [-0.2, 0) is 27.7 Å². The third-order valence-corrected chi connectivity index (χ3v) is 7.17. The van der Waals surface area contributed by atoms with E-state index in [1.165, 1.54) is 11.1 Å². The number of halogens is 3. The lowest BCUT2D eigenvalue weighted by atomic mass is 9.96. The predicted molar refractivity (Wildman–Crippen MR) is 88.0 cm³/mol. The summed E-state index contributed by atoms with van der Waals surface area (Å²) in [5.74, 6) is -5.65. The minimum atomic E-state index is -4.74. The molecule has 1 aliphatic carbocycles. The van der Waals surface area contributed by atoms with E-state index in [0.29, 0.717) is 10.7 Å². The quantitative estimate of drug-likeness (QED) is 0.836. The van der Waals surface area contributed by atoms with Crippen molar-refractivity contribution in [3.8, 4) is 0 Å². The highest BCUT2D eigenvalue weighted by Crippen LogP contribution is 2.39. The minimum absolute atomic E-state index is 0.137. The van der Waals surface area contributed by atoms with Crippen molar-refractivity contribution in [1.29, 1.82) is 0 Å². The highest BCUT2D eigenvalue weighted by atomic mass is 32.2. The van der Waals surface area contributed by atoms with Crippen LogP contribution >= 0.6 is 0 Å². The van der Waals surface area contributed by atoms with Gasteiger partial charge in [-0.2, -0.15) is 13.2 Å². The van der Waals surface area contributed by atoms with Crippen LogP contribution in [0.3, 0.4) is 0 Å². The summed E-state index contributed by atoms with van der Waals surface area (Å²) in [4.78, 5) is 11.1. The van der Waals surface area contributed by atoms with Gasteiger partial charge in [-0.15, -0.1) is 0 Å². The van der Waals surface area contributed by atoms with E-state index >= 15 is 0 Å².